The molecule has 0 aromatic heterocycles. The number of anilines is 1. The highest BCUT2D eigenvalue weighted by Gasteiger charge is 2.15. The number of benzene rings is 2. The van der Waals surface area contributed by atoms with Gasteiger partial charge in [-0.05, 0) is 50.2 Å². The summed E-state index contributed by atoms with van der Waals surface area (Å²) in [5.41, 5.74) is 0.911. The van der Waals surface area contributed by atoms with Crippen LogP contribution >= 0.6 is 11.6 Å². The van der Waals surface area contributed by atoms with Crippen molar-refractivity contribution in [2.75, 3.05) is 19.0 Å². The van der Waals surface area contributed by atoms with Crippen molar-refractivity contribution in [1.82, 2.24) is 0 Å². The van der Waals surface area contributed by atoms with Crippen LogP contribution in [0, 0.1) is 11.3 Å². The number of amides is 1. The molecule has 8 heteroatoms. The molecule has 1 N–H and O–H groups in total. The predicted molar refractivity (Wildman–Crippen MR) is 104 cm³/mol. The molecule has 0 bridgehead atoms. The minimum atomic E-state index is -0.678. The molecule has 0 aliphatic heterocycles. The Morgan fingerprint density at radius 2 is 1.93 bits per heavy atom. The number of nitrogens with one attached hydrogen (secondary N) is 1. The van der Waals surface area contributed by atoms with Gasteiger partial charge in [0, 0.05) is 5.69 Å². The maximum Gasteiger partial charge on any atom is 0.338 e. The number of ether oxygens (including phenoxy) is 3. The quantitative estimate of drug-likeness (QED) is 0.707. The number of rotatable bonds is 7. The fourth-order valence-corrected chi connectivity index (χ4v) is 2.46. The van der Waals surface area contributed by atoms with Crippen LogP contribution in [-0.2, 0) is 9.53 Å². The van der Waals surface area contributed by atoms with Crippen molar-refractivity contribution in [2.45, 2.75) is 20.0 Å². The lowest BCUT2D eigenvalue weighted by Gasteiger charge is -2.14. The number of halogens is 1. The van der Waals surface area contributed by atoms with E-state index in [0.29, 0.717) is 22.7 Å². The van der Waals surface area contributed by atoms with Gasteiger partial charge in [0.15, 0.2) is 18.1 Å². The minimum absolute atomic E-state index is 0.0499. The van der Waals surface area contributed by atoms with Crippen molar-refractivity contribution in [3.63, 3.8) is 0 Å². The lowest BCUT2D eigenvalue weighted by atomic mass is 10.2. The fourth-order valence-electron chi connectivity index (χ4n) is 2.24. The monoisotopic (exact) mass is 402 g/mol. The number of carbonyl (C=O) groups excluding carboxylic acids is 2. The molecule has 0 saturated carbocycles. The zero-order valence-electron chi connectivity index (χ0n) is 15.6. The van der Waals surface area contributed by atoms with E-state index in [4.69, 9.17) is 31.1 Å². The molecule has 0 heterocycles. The van der Waals surface area contributed by atoms with E-state index in [9.17, 15) is 9.59 Å². The van der Waals surface area contributed by atoms with E-state index in [2.05, 4.69) is 5.32 Å². The Balaban J connectivity index is 1.97. The van der Waals surface area contributed by atoms with Crippen LogP contribution in [0.2, 0.25) is 5.02 Å². The van der Waals surface area contributed by atoms with E-state index < -0.39 is 18.5 Å². The van der Waals surface area contributed by atoms with Gasteiger partial charge in [-0.3, -0.25) is 4.79 Å². The van der Waals surface area contributed by atoms with Gasteiger partial charge in [0.25, 0.3) is 5.91 Å². The first kappa shape index (κ1) is 21.1. The highest BCUT2D eigenvalue weighted by molar-refractivity contribution is 6.32. The SMILES string of the molecule is COc1cc(C(=O)OCC(=O)Nc2ccc(C#N)c(Cl)c2)ccc1OC(C)C. The number of methoxy groups -OCH3 is 1. The summed E-state index contributed by atoms with van der Waals surface area (Å²) in [5.74, 6) is -0.326. The molecular formula is C20H19ClN2O5. The zero-order valence-corrected chi connectivity index (χ0v) is 16.4. The molecule has 0 fully saturated rings. The minimum Gasteiger partial charge on any atom is -0.493 e. The second-order valence-electron chi connectivity index (χ2n) is 5.96. The van der Waals surface area contributed by atoms with E-state index in [1.165, 1.54) is 37.4 Å². The van der Waals surface area contributed by atoms with Crippen molar-refractivity contribution < 1.29 is 23.8 Å². The summed E-state index contributed by atoms with van der Waals surface area (Å²) in [5, 5.41) is 11.6. The van der Waals surface area contributed by atoms with Crippen LogP contribution in [0.1, 0.15) is 29.8 Å². The fraction of sp³-hybridized carbons (Fsp3) is 0.250. The molecule has 28 heavy (non-hydrogen) atoms. The highest BCUT2D eigenvalue weighted by atomic mass is 35.5. The van der Waals surface area contributed by atoms with Crippen LogP contribution in [0.15, 0.2) is 36.4 Å². The molecule has 2 aromatic rings. The van der Waals surface area contributed by atoms with Crippen LogP contribution in [0.3, 0.4) is 0 Å². The van der Waals surface area contributed by atoms with Gasteiger partial charge in [-0.2, -0.15) is 5.26 Å². The summed E-state index contributed by atoms with van der Waals surface area (Å²) >= 11 is 5.91. The van der Waals surface area contributed by atoms with Crippen LogP contribution in [-0.4, -0.2) is 31.7 Å². The van der Waals surface area contributed by atoms with Gasteiger partial charge in [0.05, 0.1) is 29.4 Å². The standard InChI is InChI=1S/C20H19ClN2O5/c1-12(2)28-17-7-5-13(8-18(17)26-3)20(25)27-11-19(24)23-15-6-4-14(10-22)16(21)9-15/h4-9,12H,11H2,1-3H3,(H,23,24). The first-order chi connectivity index (χ1) is 13.3. The van der Waals surface area contributed by atoms with Gasteiger partial charge in [-0.25, -0.2) is 4.79 Å². The highest BCUT2D eigenvalue weighted by Crippen LogP contribution is 2.29. The maximum atomic E-state index is 12.2. The first-order valence-corrected chi connectivity index (χ1v) is 8.73. The molecule has 0 saturated heterocycles. The number of nitriles is 1. The predicted octanol–water partition coefficient (Wildman–Crippen LogP) is 3.80. The lowest BCUT2D eigenvalue weighted by molar-refractivity contribution is -0.119. The Bertz CT molecular complexity index is 921. The Kier molecular flexibility index (Phi) is 7.24. The molecule has 0 spiro atoms. The summed E-state index contributed by atoms with van der Waals surface area (Å²) in [6.45, 7) is 3.27. The van der Waals surface area contributed by atoms with Crippen LogP contribution in [0.25, 0.3) is 0 Å². The van der Waals surface area contributed by atoms with Gasteiger partial charge < -0.3 is 19.5 Å². The lowest BCUT2D eigenvalue weighted by Crippen LogP contribution is -2.21. The average Bonchev–Trinajstić information content (AvgIpc) is 2.66. The van der Waals surface area contributed by atoms with E-state index in [0.717, 1.165) is 0 Å². The smallest absolute Gasteiger partial charge is 0.338 e. The molecule has 0 unspecified atom stereocenters. The van der Waals surface area contributed by atoms with Crippen LogP contribution < -0.4 is 14.8 Å². The van der Waals surface area contributed by atoms with E-state index >= 15 is 0 Å². The third kappa shape index (κ3) is 5.63. The van der Waals surface area contributed by atoms with Gasteiger partial charge >= 0.3 is 5.97 Å². The van der Waals surface area contributed by atoms with Crippen molar-refractivity contribution in [2.24, 2.45) is 0 Å². The van der Waals surface area contributed by atoms with Crippen molar-refractivity contribution in [3.8, 4) is 17.6 Å². The average molecular weight is 403 g/mol. The number of esters is 1. The summed E-state index contributed by atoms with van der Waals surface area (Å²) in [6, 6.07) is 11.0. The normalized spacial score (nSPS) is 10.1. The summed E-state index contributed by atoms with van der Waals surface area (Å²) in [6.07, 6.45) is -0.0499. The molecule has 0 atom stereocenters. The maximum absolute atomic E-state index is 12.2. The van der Waals surface area contributed by atoms with Gasteiger partial charge in [0.1, 0.15) is 6.07 Å². The van der Waals surface area contributed by atoms with Gasteiger partial charge in [-0.1, -0.05) is 11.6 Å². The summed E-state index contributed by atoms with van der Waals surface area (Å²) < 4.78 is 15.8. The second-order valence-corrected chi connectivity index (χ2v) is 6.37. The van der Waals surface area contributed by atoms with E-state index in [1.54, 1.807) is 6.07 Å². The molecule has 7 nitrogen and oxygen atoms in total. The van der Waals surface area contributed by atoms with Crippen LogP contribution in [0.5, 0.6) is 11.5 Å². The second kappa shape index (κ2) is 9.62. The van der Waals surface area contributed by atoms with Crippen molar-refractivity contribution in [1.29, 1.82) is 5.26 Å². The Morgan fingerprint density at radius 3 is 2.54 bits per heavy atom. The molecule has 0 aliphatic carbocycles. The third-order valence-corrected chi connectivity index (χ3v) is 3.78. The van der Waals surface area contributed by atoms with Crippen molar-refractivity contribution >= 4 is 29.2 Å². The van der Waals surface area contributed by atoms with Gasteiger partial charge in [0.2, 0.25) is 0 Å². The number of nitrogens with zero attached hydrogens (tertiary/aromatic N) is 1. The van der Waals surface area contributed by atoms with E-state index in [1.807, 2.05) is 19.9 Å². The van der Waals surface area contributed by atoms with E-state index in [-0.39, 0.29) is 16.7 Å². The van der Waals surface area contributed by atoms with Crippen LogP contribution in [0.4, 0.5) is 5.69 Å². The Hall–Kier alpha value is -3.24. The molecule has 0 radical (unpaired) electrons. The molecule has 146 valence electrons. The summed E-state index contributed by atoms with van der Waals surface area (Å²) in [4.78, 5) is 24.2. The summed E-state index contributed by atoms with van der Waals surface area (Å²) in [7, 11) is 1.47. The molecular weight excluding hydrogens is 384 g/mol. The van der Waals surface area contributed by atoms with Gasteiger partial charge in [-0.15, -0.1) is 0 Å². The topological polar surface area (TPSA) is 97.6 Å². The Morgan fingerprint density at radius 1 is 1.18 bits per heavy atom. The van der Waals surface area contributed by atoms with Crippen molar-refractivity contribution in [3.05, 3.63) is 52.5 Å². The third-order valence-electron chi connectivity index (χ3n) is 3.47. The number of carbonyl (C=O) groups is 2. The number of hydrogen-bond acceptors (Lipinski definition) is 6. The number of hydrogen-bond donors (Lipinski definition) is 1. The molecule has 0 aliphatic rings. The Labute approximate surface area is 167 Å². The molecule has 1 amide bonds. The zero-order chi connectivity index (χ0) is 20.7. The molecule has 2 aromatic carbocycles. The first-order valence-electron chi connectivity index (χ1n) is 8.35. The largest absolute Gasteiger partial charge is 0.493 e. The molecule has 2 rings (SSSR count).